The van der Waals surface area contributed by atoms with Crippen LogP contribution >= 0.6 is 0 Å². The second kappa shape index (κ2) is 5.22. The van der Waals surface area contributed by atoms with Gasteiger partial charge in [-0.05, 0) is 18.2 Å². The van der Waals surface area contributed by atoms with Crippen molar-refractivity contribution < 1.29 is 15.0 Å². The molecule has 0 bridgehead atoms. The van der Waals surface area contributed by atoms with E-state index in [1.807, 2.05) is 9.97 Å². The third-order valence-electron chi connectivity index (χ3n) is 2.39. The summed E-state index contributed by atoms with van der Waals surface area (Å²) in [5, 5.41) is 18.3. The summed E-state index contributed by atoms with van der Waals surface area (Å²) < 4.78 is 0. The number of carbonyl (C=O) groups is 1. The first-order valence-corrected chi connectivity index (χ1v) is 5.40. The minimum absolute atomic E-state index is 0.0410. The van der Waals surface area contributed by atoms with Crippen molar-refractivity contribution in [3.8, 4) is 5.88 Å². The van der Waals surface area contributed by atoms with E-state index in [0.29, 0.717) is 0 Å². The van der Waals surface area contributed by atoms with Crippen LogP contribution in [0.1, 0.15) is 15.9 Å². The Morgan fingerprint density at radius 3 is 2.65 bits per heavy atom. The van der Waals surface area contributed by atoms with Crippen molar-refractivity contribution >= 4 is 17.9 Å². The Labute approximate surface area is 111 Å². The third kappa shape index (κ3) is 2.80. The number of carboxylic acids is 1. The highest BCUT2D eigenvalue weighted by Gasteiger charge is 2.06. The molecule has 0 amide bonds. The lowest BCUT2D eigenvalue weighted by Crippen LogP contribution is -2.24. The fourth-order valence-corrected chi connectivity index (χ4v) is 1.46. The fourth-order valence-electron chi connectivity index (χ4n) is 1.46. The number of hydrogen-bond donors (Lipinski definition) is 4. The molecule has 2 rings (SSSR count). The van der Waals surface area contributed by atoms with Crippen molar-refractivity contribution in [1.29, 1.82) is 0 Å². The predicted octanol–water partition coefficient (Wildman–Crippen LogP) is 0.218. The van der Waals surface area contributed by atoms with Gasteiger partial charge in [0.1, 0.15) is 5.56 Å². The highest BCUT2D eigenvalue weighted by molar-refractivity contribution is 5.89. The normalized spacial score (nSPS) is 10.8. The van der Waals surface area contributed by atoms with Crippen LogP contribution < -0.4 is 11.2 Å². The average Bonchev–Trinajstić information content (AvgIpc) is 2.37. The second-order valence-corrected chi connectivity index (χ2v) is 3.78. The number of aliphatic imine (C=N–C) groups is 1. The molecule has 2 aromatic rings. The third-order valence-corrected chi connectivity index (χ3v) is 2.39. The van der Waals surface area contributed by atoms with E-state index >= 15 is 0 Å². The molecule has 0 aliphatic heterocycles. The predicted molar refractivity (Wildman–Crippen MR) is 70.0 cm³/mol. The maximum Gasteiger partial charge on any atom is 0.335 e. The van der Waals surface area contributed by atoms with Gasteiger partial charge in [-0.2, -0.15) is 0 Å². The topological polar surface area (TPSA) is 136 Å². The van der Waals surface area contributed by atoms with E-state index in [0.717, 1.165) is 6.21 Å². The summed E-state index contributed by atoms with van der Waals surface area (Å²) in [6.45, 7) is 0. The first-order chi connectivity index (χ1) is 9.47. The zero-order valence-corrected chi connectivity index (χ0v) is 9.95. The molecule has 0 aliphatic carbocycles. The minimum atomic E-state index is -1.10. The number of rotatable bonds is 3. The van der Waals surface area contributed by atoms with Gasteiger partial charge in [-0.25, -0.2) is 9.59 Å². The number of carboxylic acid groups (broad SMARTS) is 1. The van der Waals surface area contributed by atoms with Crippen LogP contribution in [-0.4, -0.2) is 32.4 Å². The van der Waals surface area contributed by atoms with Gasteiger partial charge >= 0.3 is 11.7 Å². The summed E-state index contributed by atoms with van der Waals surface area (Å²) in [6.07, 6.45) is 1.03. The van der Waals surface area contributed by atoms with Crippen LogP contribution in [0.5, 0.6) is 5.88 Å². The highest BCUT2D eigenvalue weighted by atomic mass is 16.4. The molecule has 0 spiro atoms. The van der Waals surface area contributed by atoms with E-state index in [2.05, 4.69) is 4.99 Å². The smallest absolute Gasteiger partial charge is 0.335 e. The average molecular weight is 275 g/mol. The number of aromatic nitrogens is 2. The number of nitrogens with one attached hydrogen (secondary N) is 2. The van der Waals surface area contributed by atoms with Gasteiger partial charge in [-0.15, -0.1) is 0 Å². The molecule has 8 heteroatoms. The van der Waals surface area contributed by atoms with E-state index in [-0.39, 0.29) is 16.8 Å². The molecule has 1 aromatic carbocycles. The zero-order valence-electron chi connectivity index (χ0n) is 9.95. The van der Waals surface area contributed by atoms with E-state index in [4.69, 9.17) is 5.11 Å². The van der Waals surface area contributed by atoms with Gasteiger partial charge in [-0.1, -0.05) is 6.07 Å². The maximum atomic E-state index is 11.4. The molecule has 0 fully saturated rings. The summed E-state index contributed by atoms with van der Waals surface area (Å²) in [4.78, 5) is 40.9. The Kier molecular flexibility index (Phi) is 3.47. The Hall–Kier alpha value is -3.16. The van der Waals surface area contributed by atoms with Gasteiger partial charge in [-0.3, -0.25) is 19.8 Å². The van der Waals surface area contributed by atoms with E-state index in [1.165, 1.54) is 24.3 Å². The van der Waals surface area contributed by atoms with Crippen LogP contribution in [0.4, 0.5) is 5.69 Å². The number of aromatic amines is 2. The Balaban J connectivity index is 2.40. The molecule has 8 nitrogen and oxygen atoms in total. The van der Waals surface area contributed by atoms with Crippen LogP contribution in [0.25, 0.3) is 0 Å². The van der Waals surface area contributed by atoms with Crippen molar-refractivity contribution in [2.24, 2.45) is 4.99 Å². The summed E-state index contributed by atoms with van der Waals surface area (Å²) in [6, 6.07) is 5.72. The molecule has 1 aromatic heterocycles. The molecule has 102 valence electrons. The maximum absolute atomic E-state index is 11.4. The lowest BCUT2D eigenvalue weighted by Gasteiger charge is -1.98. The van der Waals surface area contributed by atoms with Crippen molar-refractivity contribution in [3.05, 3.63) is 56.2 Å². The van der Waals surface area contributed by atoms with Crippen molar-refractivity contribution in [2.75, 3.05) is 0 Å². The monoisotopic (exact) mass is 275 g/mol. The van der Waals surface area contributed by atoms with Crippen LogP contribution in [0.2, 0.25) is 0 Å². The van der Waals surface area contributed by atoms with Crippen LogP contribution in [-0.2, 0) is 0 Å². The molecule has 20 heavy (non-hydrogen) atoms. The van der Waals surface area contributed by atoms with Gasteiger partial charge in [0.05, 0.1) is 11.3 Å². The van der Waals surface area contributed by atoms with Crippen molar-refractivity contribution in [3.63, 3.8) is 0 Å². The number of benzene rings is 1. The number of aromatic hydroxyl groups is 1. The second-order valence-electron chi connectivity index (χ2n) is 3.78. The fraction of sp³-hybridized carbons (Fsp3) is 0. The number of nitrogens with zero attached hydrogens (tertiary/aromatic N) is 1. The van der Waals surface area contributed by atoms with E-state index < -0.39 is 23.1 Å². The Bertz CT molecular complexity index is 803. The van der Waals surface area contributed by atoms with Crippen molar-refractivity contribution in [1.82, 2.24) is 9.97 Å². The van der Waals surface area contributed by atoms with Gasteiger partial charge < -0.3 is 10.2 Å². The zero-order chi connectivity index (χ0) is 14.7. The van der Waals surface area contributed by atoms with Crippen LogP contribution in [0.15, 0.2) is 38.8 Å². The molecule has 0 radical (unpaired) electrons. The van der Waals surface area contributed by atoms with Crippen LogP contribution in [0.3, 0.4) is 0 Å². The molecule has 4 N–H and O–H groups in total. The summed E-state index contributed by atoms with van der Waals surface area (Å²) in [5.41, 5.74) is -1.54. The van der Waals surface area contributed by atoms with E-state index in [9.17, 15) is 19.5 Å². The molecule has 0 aliphatic rings. The lowest BCUT2D eigenvalue weighted by molar-refractivity contribution is 0.0697. The van der Waals surface area contributed by atoms with Gasteiger partial charge in [0.15, 0.2) is 0 Å². The summed E-state index contributed by atoms with van der Waals surface area (Å²) in [5.74, 6) is -1.72. The number of hydrogen-bond acceptors (Lipinski definition) is 5. The molecular weight excluding hydrogens is 266 g/mol. The lowest BCUT2D eigenvalue weighted by atomic mass is 10.2. The SMILES string of the molecule is O=C(O)c1cccc(N=Cc2c(O)[nH]c(=O)[nH]c2=O)c1. The molecule has 0 saturated carbocycles. The molecular formula is C12H9N3O5. The highest BCUT2D eigenvalue weighted by Crippen LogP contribution is 2.14. The molecule has 0 unspecified atom stereocenters. The minimum Gasteiger partial charge on any atom is -0.494 e. The van der Waals surface area contributed by atoms with Crippen LogP contribution in [0, 0.1) is 0 Å². The number of H-pyrrole nitrogens is 2. The first-order valence-electron chi connectivity index (χ1n) is 5.40. The van der Waals surface area contributed by atoms with Crippen molar-refractivity contribution in [2.45, 2.75) is 0 Å². The van der Waals surface area contributed by atoms with Gasteiger partial charge in [0, 0.05) is 6.21 Å². The molecule has 1 heterocycles. The quantitative estimate of drug-likeness (QED) is 0.594. The number of aromatic carboxylic acids is 1. The Morgan fingerprint density at radius 1 is 1.25 bits per heavy atom. The summed E-state index contributed by atoms with van der Waals surface area (Å²) in [7, 11) is 0. The van der Waals surface area contributed by atoms with E-state index in [1.54, 1.807) is 0 Å². The van der Waals surface area contributed by atoms with Gasteiger partial charge in [0.2, 0.25) is 5.88 Å². The Morgan fingerprint density at radius 2 is 2.00 bits per heavy atom. The first kappa shape index (κ1) is 13.3. The molecule has 0 atom stereocenters. The summed E-state index contributed by atoms with van der Waals surface area (Å²) >= 11 is 0. The standard InChI is InChI=1S/C12H9N3O5/c16-9-8(10(17)15-12(20)14-9)5-13-7-3-1-2-6(4-7)11(18)19/h1-5H,(H,18,19)(H3,14,15,16,17,20). The van der Waals surface area contributed by atoms with Gasteiger partial charge in [0.25, 0.3) is 5.56 Å². The largest absolute Gasteiger partial charge is 0.494 e. The molecule has 0 saturated heterocycles.